The van der Waals surface area contributed by atoms with Crippen molar-refractivity contribution in [1.82, 2.24) is 0 Å². The van der Waals surface area contributed by atoms with Crippen LogP contribution in [0.5, 0.6) is 5.75 Å². The molecule has 21 heavy (non-hydrogen) atoms. The van der Waals surface area contributed by atoms with Gasteiger partial charge in [0, 0.05) is 26.1 Å². The van der Waals surface area contributed by atoms with E-state index in [0.29, 0.717) is 32.7 Å². The molecule has 0 aliphatic carbocycles. The Morgan fingerprint density at radius 1 is 1.19 bits per heavy atom. The molecule has 118 valence electrons. The molecule has 0 aliphatic rings. The Balaban J connectivity index is 2.56. The molecule has 0 fully saturated rings. The molecule has 0 bridgehead atoms. The summed E-state index contributed by atoms with van der Waals surface area (Å²) in [4.78, 5) is 11.8. The highest BCUT2D eigenvalue weighted by Crippen LogP contribution is 2.15. The quantitative estimate of drug-likeness (QED) is 0.528. The van der Waals surface area contributed by atoms with Crippen molar-refractivity contribution in [2.45, 2.75) is 32.8 Å². The van der Waals surface area contributed by atoms with Crippen molar-refractivity contribution in [2.75, 3.05) is 26.4 Å². The molecule has 5 nitrogen and oxygen atoms in total. The van der Waals surface area contributed by atoms with Gasteiger partial charge in [0.2, 0.25) is 0 Å². The smallest absolute Gasteiger partial charge is 0.335 e. The number of hydrogen-bond donors (Lipinski definition) is 1. The van der Waals surface area contributed by atoms with Crippen molar-refractivity contribution in [3.8, 4) is 5.75 Å². The Hall–Kier alpha value is -1.59. The maximum atomic E-state index is 11.8. The Labute approximate surface area is 125 Å². The van der Waals surface area contributed by atoms with Gasteiger partial charge in [-0.25, -0.2) is 4.79 Å². The second-order valence-electron chi connectivity index (χ2n) is 4.47. The van der Waals surface area contributed by atoms with Gasteiger partial charge in [0.05, 0.1) is 13.2 Å². The molecule has 0 amide bonds. The third-order valence-corrected chi connectivity index (χ3v) is 2.83. The molecule has 1 N–H and O–H groups in total. The average Bonchev–Trinajstić information content (AvgIpc) is 2.49. The van der Waals surface area contributed by atoms with E-state index in [9.17, 15) is 4.79 Å². The molecular weight excluding hydrogens is 272 g/mol. The van der Waals surface area contributed by atoms with Crippen LogP contribution in [0.1, 0.15) is 25.8 Å². The van der Waals surface area contributed by atoms with Crippen molar-refractivity contribution >= 4 is 5.97 Å². The summed E-state index contributed by atoms with van der Waals surface area (Å²) in [6, 6.07) is 7.50. The lowest BCUT2D eigenvalue weighted by Crippen LogP contribution is -2.28. The summed E-state index contributed by atoms with van der Waals surface area (Å²) in [6.07, 6.45) is 0.511. The van der Waals surface area contributed by atoms with Crippen LogP contribution in [0.25, 0.3) is 0 Å². The summed E-state index contributed by atoms with van der Waals surface area (Å²) < 4.78 is 15.9. The first-order valence-electron chi connectivity index (χ1n) is 7.32. The fourth-order valence-corrected chi connectivity index (χ4v) is 1.84. The molecule has 0 heterocycles. The molecule has 5 heteroatoms. The van der Waals surface area contributed by atoms with Crippen LogP contribution in [0.4, 0.5) is 0 Å². The highest BCUT2D eigenvalue weighted by atomic mass is 16.6. The SMILES string of the molecule is CCOC(=O)C(Cc1ccc(OCCCO)cc1)OCC. The van der Waals surface area contributed by atoms with Crippen LogP contribution < -0.4 is 4.74 Å². The van der Waals surface area contributed by atoms with E-state index in [1.165, 1.54) is 0 Å². The predicted octanol–water partition coefficient (Wildman–Crippen LogP) is 1.96. The van der Waals surface area contributed by atoms with Crippen LogP contribution in [-0.4, -0.2) is 43.6 Å². The van der Waals surface area contributed by atoms with Gasteiger partial charge in [0.15, 0.2) is 6.10 Å². The molecule has 1 unspecified atom stereocenters. The van der Waals surface area contributed by atoms with Crippen LogP contribution in [0.15, 0.2) is 24.3 Å². The highest BCUT2D eigenvalue weighted by molar-refractivity contribution is 5.75. The van der Waals surface area contributed by atoms with Gasteiger partial charge < -0.3 is 19.3 Å². The van der Waals surface area contributed by atoms with Crippen LogP contribution in [0.3, 0.4) is 0 Å². The topological polar surface area (TPSA) is 65.0 Å². The largest absolute Gasteiger partial charge is 0.494 e. The summed E-state index contributed by atoms with van der Waals surface area (Å²) in [5, 5.41) is 8.70. The van der Waals surface area contributed by atoms with Crippen LogP contribution in [0, 0.1) is 0 Å². The Morgan fingerprint density at radius 2 is 1.90 bits per heavy atom. The summed E-state index contributed by atoms with van der Waals surface area (Å²) in [5.74, 6) is 0.416. The summed E-state index contributed by atoms with van der Waals surface area (Å²) in [6.45, 7) is 5.05. The van der Waals surface area contributed by atoms with Crippen molar-refractivity contribution < 1.29 is 24.1 Å². The van der Waals surface area contributed by atoms with E-state index in [2.05, 4.69) is 0 Å². The number of rotatable bonds is 10. The zero-order chi connectivity index (χ0) is 15.5. The van der Waals surface area contributed by atoms with Gasteiger partial charge in [0.25, 0.3) is 0 Å². The summed E-state index contributed by atoms with van der Waals surface area (Å²) in [5.41, 5.74) is 0.982. The summed E-state index contributed by atoms with van der Waals surface area (Å²) in [7, 11) is 0. The van der Waals surface area contributed by atoms with Gasteiger partial charge in [-0.05, 0) is 31.5 Å². The molecule has 1 rings (SSSR count). The van der Waals surface area contributed by atoms with E-state index < -0.39 is 6.10 Å². The fraction of sp³-hybridized carbons (Fsp3) is 0.562. The normalized spacial score (nSPS) is 12.0. The number of aliphatic hydroxyl groups is 1. The number of benzene rings is 1. The molecule has 0 aromatic heterocycles. The number of aliphatic hydroxyl groups excluding tert-OH is 1. The molecule has 0 spiro atoms. The van der Waals surface area contributed by atoms with E-state index in [1.807, 2.05) is 31.2 Å². The minimum absolute atomic E-state index is 0.119. The molecule has 0 saturated carbocycles. The number of ether oxygens (including phenoxy) is 3. The number of esters is 1. The lowest BCUT2D eigenvalue weighted by Gasteiger charge is -2.15. The zero-order valence-electron chi connectivity index (χ0n) is 12.7. The van der Waals surface area contributed by atoms with Gasteiger partial charge in [-0.3, -0.25) is 0 Å². The van der Waals surface area contributed by atoms with E-state index in [-0.39, 0.29) is 12.6 Å². The minimum atomic E-state index is -0.573. The first-order chi connectivity index (χ1) is 10.2. The number of hydrogen-bond acceptors (Lipinski definition) is 5. The Kier molecular flexibility index (Phi) is 8.47. The van der Waals surface area contributed by atoms with Gasteiger partial charge in [-0.1, -0.05) is 12.1 Å². The number of carbonyl (C=O) groups excluding carboxylic acids is 1. The molecule has 0 aliphatic heterocycles. The lowest BCUT2D eigenvalue weighted by molar-refractivity contribution is -0.156. The van der Waals surface area contributed by atoms with Gasteiger partial charge in [-0.2, -0.15) is 0 Å². The maximum Gasteiger partial charge on any atom is 0.335 e. The standard InChI is InChI=1S/C16H24O5/c1-3-19-15(16(18)20-4-2)12-13-6-8-14(9-7-13)21-11-5-10-17/h6-9,15,17H,3-5,10-12H2,1-2H3. The second kappa shape index (κ2) is 10.2. The molecular formula is C16H24O5. The Bertz CT molecular complexity index is 402. The summed E-state index contributed by atoms with van der Waals surface area (Å²) >= 11 is 0. The fourth-order valence-electron chi connectivity index (χ4n) is 1.84. The minimum Gasteiger partial charge on any atom is -0.494 e. The molecule has 1 aromatic carbocycles. The first kappa shape index (κ1) is 17.5. The molecule has 1 atom stereocenters. The first-order valence-corrected chi connectivity index (χ1v) is 7.32. The third-order valence-electron chi connectivity index (χ3n) is 2.83. The lowest BCUT2D eigenvalue weighted by atomic mass is 10.1. The van der Waals surface area contributed by atoms with Gasteiger partial charge >= 0.3 is 5.97 Å². The van der Waals surface area contributed by atoms with Crippen molar-refractivity contribution in [3.05, 3.63) is 29.8 Å². The van der Waals surface area contributed by atoms with Crippen molar-refractivity contribution in [1.29, 1.82) is 0 Å². The van der Waals surface area contributed by atoms with Crippen LogP contribution >= 0.6 is 0 Å². The zero-order valence-corrected chi connectivity index (χ0v) is 12.7. The van der Waals surface area contributed by atoms with E-state index in [1.54, 1.807) is 6.92 Å². The van der Waals surface area contributed by atoms with Crippen molar-refractivity contribution in [2.24, 2.45) is 0 Å². The highest BCUT2D eigenvalue weighted by Gasteiger charge is 2.20. The van der Waals surface area contributed by atoms with Crippen LogP contribution in [0.2, 0.25) is 0 Å². The van der Waals surface area contributed by atoms with Gasteiger partial charge in [-0.15, -0.1) is 0 Å². The van der Waals surface area contributed by atoms with E-state index in [4.69, 9.17) is 19.3 Å². The van der Waals surface area contributed by atoms with Crippen molar-refractivity contribution in [3.63, 3.8) is 0 Å². The van der Waals surface area contributed by atoms with E-state index in [0.717, 1.165) is 11.3 Å². The van der Waals surface area contributed by atoms with Gasteiger partial charge in [0.1, 0.15) is 5.75 Å². The van der Waals surface area contributed by atoms with Crippen LogP contribution in [-0.2, 0) is 20.7 Å². The van der Waals surface area contributed by atoms with E-state index >= 15 is 0 Å². The monoisotopic (exact) mass is 296 g/mol. The molecule has 0 radical (unpaired) electrons. The molecule has 0 saturated heterocycles. The maximum absolute atomic E-state index is 11.8. The molecule has 1 aromatic rings. The number of carbonyl (C=O) groups is 1. The third kappa shape index (κ3) is 6.60. The predicted molar refractivity (Wildman–Crippen MR) is 79.4 cm³/mol. The Morgan fingerprint density at radius 3 is 2.48 bits per heavy atom. The second-order valence-corrected chi connectivity index (χ2v) is 4.47. The average molecular weight is 296 g/mol.